The quantitative estimate of drug-likeness (QED) is 0.751. The summed E-state index contributed by atoms with van der Waals surface area (Å²) in [6.45, 7) is 6.55. The van der Waals surface area contributed by atoms with Crippen molar-refractivity contribution in [2.24, 2.45) is 0 Å². The number of aliphatic hydroxyl groups is 1. The first-order valence-electron chi connectivity index (χ1n) is 6.11. The number of para-hydroxylation sites is 1. The van der Waals surface area contributed by atoms with Gasteiger partial charge in [-0.15, -0.1) is 6.42 Å². The second-order valence-electron chi connectivity index (χ2n) is 4.48. The van der Waals surface area contributed by atoms with Crippen LogP contribution in [0.4, 0.5) is 0 Å². The highest BCUT2D eigenvalue weighted by atomic mass is 16.5. The van der Waals surface area contributed by atoms with Crippen LogP contribution in [0.3, 0.4) is 0 Å². The van der Waals surface area contributed by atoms with Crippen LogP contribution in [-0.4, -0.2) is 30.4 Å². The van der Waals surface area contributed by atoms with E-state index in [1.807, 2.05) is 39.0 Å². The molecule has 18 heavy (non-hydrogen) atoms. The summed E-state index contributed by atoms with van der Waals surface area (Å²) in [6.07, 6.45) is 4.67. The number of rotatable bonds is 6. The van der Waals surface area contributed by atoms with Gasteiger partial charge in [-0.2, -0.15) is 0 Å². The van der Waals surface area contributed by atoms with E-state index in [1.54, 1.807) is 0 Å². The Labute approximate surface area is 109 Å². The molecule has 0 radical (unpaired) electrons. The smallest absolute Gasteiger partial charge is 0.125 e. The maximum atomic E-state index is 9.78. The molecule has 2 atom stereocenters. The average molecular weight is 247 g/mol. The zero-order chi connectivity index (χ0) is 13.5. The van der Waals surface area contributed by atoms with Crippen molar-refractivity contribution in [3.63, 3.8) is 0 Å². The van der Waals surface area contributed by atoms with Crippen LogP contribution >= 0.6 is 0 Å². The highest BCUT2D eigenvalue weighted by Gasteiger charge is 2.09. The van der Waals surface area contributed by atoms with E-state index in [9.17, 15) is 5.11 Å². The molecule has 2 unspecified atom stereocenters. The zero-order valence-electron chi connectivity index (χ0n) is 11.2. The first-order valence-corrected chi connectivity index (χ1v) is 6.11. The van der Waals surface area contributed by atoms with Crippen molar-refractivity contribution in [1.82, 2.24) is 5.32 Å². The summed E-state index contributed by atoms with van der Waals surface area (Å²) in [5.74, 6) is 3.40. The van der Waals surface area contributed by atoms with E-state index in [2.05, 4.69) is 11.2 Å². The molecule has 0 aliphatic heterocycles. The number of hydrogen-bond acceptors (Lipinski definition) is 3. The summed E-state index contributed by atoms with van der Waals surface area (Å²) < 4.78 is 5.65. The van der Waals surface area contributed by atoms with Crippen molar-refractivity contribution in [2.45, 2.75) is 32.9 Å². The monoisotopic (exact) mass is 247 g/mol. The van der Waals surface area contributed by atoms with Crippen LogP contribution in [0, 0.1) is 26.2 Å². The van der Waals surface area contributed by atoms with Gasteiger partial charge in [0.2, 0.25) is 0 Å². The minimum atomic E-state index is -0.570. The summed E-state index contributed by atoms with van der Waals surface area (Å²) in [5, 5.41) is 12.8. The van der Waals surface area contributed by atoms with E-state index < -0.39 is 6.10 Å². The molecule has 0 saturated heterocycles. The molecule has 3 heteroatoms. The SMILES string of the molecule is C#CC(C)NCC(O)COc1c(C)cccc1C. The Morgan fingerprint density at radius 1 is 1.39 bits per heavy atom. The van der Waals surface area contributed by atoms with Crippen molar-refractivity contribution >= 4 is 0 Å². The van der Waals surface area contributed by atoms with Crippen molar-refractivity contribution in [2.75, 3.05) is 13.2 Å². The Kier molecular flexibility index (Phi) is 5.70. The molecule has 0 saturated carbocycles. The minimum absolute atomic E-state index is 0.0418. The van der Waals surface area contributed by atoms with E-state index in [-0.39, 0.29) is 12.6 Å². The third-order valence-electron chi connectivity index (χ3n) is 2.74. The first-order chi connectivity index (χ1) is 8.54. The van der Waals surface area contributed by atoms with Crippen molar-refractivity contribution in [1.29, 1.82) is 0 Å². The van der Waals surface area contributed by atoms with Gasteiger partial charge in [0.1, 0.15) is 18.5 Å². The van der Waals surface area contributed by atoms with E-state index >= 15 is 0 Å². The van der Waals surface area contributed by atoms with E-state index in [0.29, 0.717) is 6.54 Å². The number of aliphatic hydroxyl groups excluding tert-OH is 1. The lowest BCUT2D eigenvalue weighted by Crippen LogP contribution is -2.36. The second kappa shape index (κ2) is 7.05. The lowest BCUT2D eigenvalue weighted by molar-refractivity contribution is 0.105. The minimum Gasteiger partial charge on any atom is -0.490 e. The lowest BCUT2D eigenvalue weighted by Gasteiger charge is -2.17. The van der Waals surface area contributed by atoms with Crippen LogP contribution < -0.4 is 10.1 Å². The van der Waals surface area contributed by atoms with Gasteiger partial charge < -0.3 is 15.2 Å². The molecule has 0 aromatic heterocycles. The highest BCUT2D eigenvalue weighted by molar-refractivity contribution is 5.39. The predicted octanol–water partition coefficient (Wildman–Crippen LogP) is 1.65. The standard InChI is InChI=1S/C15H21NO2/c1-5-13(4)16-9-14(17)10-18-15-11(2)7-6-8-12(15)3/h1,6-8,13-14,16-17H,9-10H2,2-4H3. The number of nitrogens with one attached hydrogen (secondary N) is 1. The number of ether oxygens (including phenoxy) is 1. The molecule has 98 valence electrons. The van der Waals surface area contributed by atoms with Gasteiger partial charge in [-0.1, -0.05) is 24.1 Å². The second-order valence-corrected chi connectivity index (χ2v) is 4.48. The molecule has 0 heterocycles. The first kappa shape index (κ1) is 14.6. The number of aryl methyl sites for hydroxylation is 2. The Morgan fingerprint density at radius 3 is 2.56 bits per heavy atom. The number of terminal acetylenes is 1. The lowest BCUT2D eigenvalue weighted by atomic mass is 10.1. The number of hydrogen-bond donors (Lipinski definition) is 2. The third kappa shape index (κ3) is 4.40. The topological polar surface area (TPSA) is 41.5 Å². The van der Waals surface area contributed by atoms with Crippen LogP contribution in [0.15, 0.2) is 18.2 Å². The Hall–Kier alpha value is -1.50. The summed E-state index contributed by atoms with van der Waals surface area (Å²) in [6, 6.07) is 5.94. The Bertz CT molecular complexity index is 403. The number of benzene rings is 1. The van der Waals surface area contributed by atoms with E-state index in [1.165, 1.54) is 0 Å². The van der Waals surface area contributed by atoms with Crippen LogP contribution in [0.2, 0.25) is 0 Å². The predicted molar refractivity (Wildman–Crippen MR) is 73.7 cm³/mol. The van der Waals surface area contributed by atoms with Crippen LogP contribution in [0.1, 0.15) is 18.1 Å². The summed E-state index contributed by atoms with van der Waals surface area (Å²) in [4.78, 5) is 0. The van der Waals surface area contributed by atoms with Crippen LogP contribution in [-0.2, 0) is 0 Å². The molecule has 1 aromatic rings. The molecule has 0 aliphatic rings. The van der Waals surface area contributed by atoms with Crippen LogP contribution in [0.5, 0.6) is 5.75 Å². The molecule has 1 aromatic carbocycles. The zero-order valence-corrected chi connectivity index (χ0v) is 11.2. The fraction of sp³-hybridized carbons (Fsp3) is 0.467. The van der Waals surface area contributed by atoms with Crippen molar-refractivity contribution in [3.8, 4) is 18.1 Å². The molecular weight excluding hydrogens is 226 g/mol. The van der Waals surface area contributed by atoms with Gasteiger partial charge in [0.05, 0.1) is 6.04 Å². The van der Waals surface area contributed by atoms with Gasteiger partial charge in [-0.05, 0) is 31.9 Å². The summed E-state index contributed by atoms with van der Waals surface area (Å²) in [7, 11) is 0. The largest absolute Gasteiger partial charge is 0.490 e. The molecule has 0 fully saturated rings. The molecule has 2 N–H and O–H groups in total. The average Bonchev–Trinajstić information content (AvgIpc) is 2.35. The maximum Gasteiger partial charge on any atom is 0.125 e. The van der Waals surface area contributed by atoms with Crippen molar-refractivity contribution < 1.29 is 9.84 Å². The van der Waals surface area contributed by atoms with Crippen LogP contribution in [0.25, 0.3) is 0 Å². The van der Waals surface area contributed by atoms with Gasteiger partial charge >= 0.3 is 0 Å². The summed E-state index contributed by atoms with van der Waals surface area (Å²) in [5.41, 5.74) is 2.15. The molecule has 3 nitrogen and oxygen atoms in total. The van der Waals surface area contributed by atoms with Gasteiger partial charge in [0.25, 0.3) is 0 Å². The van der Waals surface area contributed by atoms with Crippen molar-refractivity contribution in [3.05, 3.63) is 29.3 Å². The molecule has 1 rings (SSSR count). The molecule has 0 aliphatic carbocycles. The Balaban J connectivity index is 2.43. The molecule has 0 bridgehead atoms. The fourth-order valence-corrected chi connectivity index (χ4v) is 1.64. The van der Waals surface area contributed by atoms with Gasteiger partial charge in [-0.25, -0.2) is 0 Å². The highest BCUT2D eigenvalue weighted by Crippen LogP contribution is 2.22. The fourth-order valence-electron chi connectivity index (χ4n) is 1.64. The third-order valence-corrected chi connectivity index (χ3v) is 2.74. The van der Waals surface area contributed by atoms with Gasteiger partial charge in [0, 0.05) is 6.54 Å². The molecular formula is C15H21NO2. The molecule has 0 spiro atoms. The maximum absolute atomic E-state index is 9.78. The van der Waals surface area contributed by atoms with E-state index in [0.717, 1.165) is 16.9 Å². The van der Waals surface area contributed by atoms with Gasteiger partial charge in [0.15, 0.2) is 0 Å². The van der Waals surface area contributed by atoms with Gasteiger partial charge in [-0.3, -0.25) is 0 Å². The normalized spacial score (nSPS) is 13.7. The van der Waals surface area contributed by atoms with E-state index in [4.69, 9.17) is 11.2 Å². The molecule has 0 amide bonds. The Morgan fingerprint density at radius 2 is 2.00 bits per heavy atom. The summed E-state index contributed by atoms with van der Waals surface area (Å²) >= 11 is 0.